The Balaban J connectivity index is 2.13. The van der Waals surface area contributed by atoms with Gasteiger partial charge in [-0.15, -0.1) is 0 Å². The van der Waals surface area contributed by atoms with Crippen molar-refractivity contribution in [1.29, 1.82) is 0 Å². The van der Waals surface area contributed by atoms with Crippen molar-refractivity contribution in [2.75, 3.05) is 0 Å². The van der Waals surface area contributed by atoms with E-state index in [1.54, 1.807) is 12.4 Å². The summed E-state index contributed by atoms with van der Waals surface area (Å²) < 4.78 is 2.82. The summed E-state index contributed by atoms with van der Waals surface area (Å²) in [6, 6.07) is 5.57. The van der Waals surface area contributed by atoms with E-state index in [0.29, 0.717) is 5.69 Å². The first kappa shape index (κ1) is 13.8. The van der Waals surface area contributed by atoms with E-state index in [4.69, 9.17) is 0 Å². The smallest absolute Gasteiger partial charge is 0.268 e. The summed E-state index contributed by atoms with van der Waals surface area (Å²) in [6.45, 7) is 4.71. The minimum atomic E-state index is -0.0797. The molecule has 2 rings (SSSR count). The molecule has 0 aliphatic carbocycles. The third-order valence-electron chi connectivity index (χ3n) is 2.97. The Bertz CT molecular complexity index is 565. The fourth-order valence-electron chi connectivity index (χ4n) is 1.91. The molecule has 1 N–H and O–H groups in total. The lowest BCUT2D eigenvalue weighted by atomic mass is 10.1. The van der Waals surface area contributed by atoms with E-state index >= 15 is 0 Å². The van der Waals surface area contributed by atoms with Gasteiger partial charge in [-0.25, -0.2) is 0 Å². The zero-order chi connectivity index (χ0) is 13.8. The van der Waals surface area contributed by atoms with E-state index in [1.807, 2.05) is 42.8 Å². The normalized spacial score (nSPS) is 12.2. The van der Waals surface area contributed by atoms with Gasteiger partial charge in [0.2, 0.25) is 0 Å². The highest BCUT2D eigenvalue weighted by molar-refractivity contribution is 9.10. The van der Waals surface area contributed by atoms with Crippen molar-refractivity contribution in [1.82, 2.24) is 14.9 Å². The van der Waals surface area contributed by atoms with Crippen LogP contribution in [0.3, 0.4) is 0 Å². The minimum Gasteiger partial charge on any atom is -0.344 e. The quantitative estimate of drug-likeness (QED) is 0.940. The number of aromatic nitrogens is 2. The summed E-state index contributed by atoms with van der Waals surface area (Å²) in [5.41, 5.74) is 1.65. The molecular formula is C14H16BrN3O. The molecule has 0 saturated heterocycles. The zero-order valence-electron chi connectivity index (χ0n) is 10.9. The van der Waals surface area contributed by atoms with Crippen molar-refractivity contribution >= 4 is 21.8 Å². The molecule has 0 saturated carbocycles. The van der Waals surface area contributed by atoms with Crippen LogP contribution in [-0.4, -0.2) is 15.5 Å². The zero-order valence-corrected chi connectivity index (χ0v) is 12.5. The Morgan fingerprint density at radius 3 is 3.00 bits per heavy atom. The van der Waals surface area contributed by atoms with Crippen molar-refractivity contribution in [3.05, 3.63) is 52.5 Å². The first-order chi connectivity index (χ1) is 9.11. The van der Waals surface area contributed by atoms with Crippen LogP contribution in [0, 0.1) is 0 Å². The topological polar surface area (TPSA) is 46.9 Å². The van der Waals surface area contributed by atoms with Crippen LogP contribution in [0.1, 0.15) is 35.9 Å². The molecule has 1 unspecified atom stereocenters. The predicted octanol–water partition coefficient (Wildman–Crippen LogP) is 3.16. The highest BCUT2D eigenvalue weighted by atomic mass is 79.9. The summed E-state index contributed by atoms with van der Waals surface area (Å²) in [7, 11) is 0. The summed E-state index contributed by atoms with van der Waals surface area (Å²) in [5.74, 6) is -0.0797. The maximum atomic E-state index is 12.2. The maximum absolute atomic E-state index is 12.2. The van der Waals surface area contributed by atoms with Gasteiger partial charge >= 0.3 is 0 Å². The lowest BCUT2D eigenvalue weighted by Crippen LogP contribution is -2.28. The van der Waals surface area contributed by atoms with E-state index in [0.717, 1.165) is 16.6 Å². The Morgan fingerprint density at radius 2 is 2.37 bits per heavy atom. The van der Waals surface area contributed by atoms with E-state index in [2.05, 4.69) is 26.2 Å². The molecule has 4 nitrogen and oxygen atoms in total. The number of aryl methyl sites for hydroxylation is 1. The number of carbonyl (C=O) groups excluding carboxylic acids is 1. The first-order valence-electron chi connectivity index (χ1n) is 6.18. The molecule has 100 valence electrons. The van der Waals surface area contributed by atoms with E-state index < -0.39 is 0 Å². The summed E-state index contributed by atoms with van der Waals surface area (Å²) in [5, 5.41) is 2.98. The van der Waals surface area contributed by atoms with Gasteiger partial charge < -0.3 is 9.88 Å². The molecule has 0 aliphatic heterocycles. The highest BCUT2D eigenvalue weighted by Gasteiger charge is 2.15. The van der Waals surface area contributed by atoms with Gasteiger partial charge in [0.15, 0.2) is 0 Å². The molecule has 1 atom stereocenters. The predicted molar refractivity (Wildman–Crippen MR) is 77.9 cm³/mol. The molecule has 1 amide bonds. The molecule has 0 radical (unpaired) electrons. The summed E-state index contributed by atoms with van der Waals surface area (Å²) >= 11 is 3.39. The number of hydrogen-bond acceptors (Lipinski definition) is 2. The fraction of sp³-hybridized carbons (Fsp3) is 0.286. The molecule has 0 bridgehead atoms. The third kappa shape index (κ3) is 3.23. The third-order valence-corrected chi connectivity index (χ3v) is 3.40. The lowest BCUT2D eigenvalue weighted by molar-refractivity contribution is 0.0930. The van der Waals surface area contributed by atoms with Crippen LogP contribution in [0.25, 0.3) is 0 Å². The SMILES string of the molecule is CCn1cc(Br)cc1C(=O)NC(C)c1cccnc1. The van der Waals surface area contributed by atoms with Gasteiger partial charge in [0.05, 0.1) is 6.04 Å². The van der Waals surface area contributed by atoms with Crippen molar-refractivity contribution < 1.29 is 4.79 Å². The molecular weight excluding hydrogens is 306 g/mol. The van der Waals surface area contributed by atoms with Gasteiger partial charge in [0, 0.05) is 29.6 Å². The van der Waals surface area contributed by atoms with Gasteiger partial charge in [-0.1, -0.05) is 6.07 Å². The van der Waals surface area contributed by atoms with Crippen LogP contribution in [0.2, 0.25) is 0 Å². The average molecular weight is 322 g/mol. The van der Waals surface area contributed by atoms with Gasteiger partial charge in [-0.3, -0.25) is 9.78 Å². The van der Waals surface area contributed by atoms with E-state index in [-0.39, 0.29) is 11.9 Å². The molecule has 0 fully saturated rings. The molecule has 2 aromatic rings. The van der Waals surface area contributed by atoms with Crippen LogP contribution >= 0.6 is 15.9 Å². The van der Waals surface area contributed by atoms with Gasteiger partial charge in [-0.05, 0) is 47.5 Å². The van der Waals surface area contributed by atoms with Crippen molar-refractivity contribution in [2.24, 2.45) is 0 Å². The van der Waals surface area contributed by atoms with E-state index in [9.17, 15) is 4.79 Å². The van der Waals surface area contributed by atoms with Gasteiger partial charge in [-0.2, -0.15) is 0 Å². The number of pyridine rings is 1. The molecule has 19 heavy (non-hydrogen) atoms. The van der Waals surface area contributed by atoms with E-state index in [1.165, 1.54) is 0 Å². The first-order valence-corrected chi connectivity index (χ1v) is 6.97. The Kier molecular flexibility index (Phi) is 4.37. The number of nitrogens with one attached hydrogen (secondary N) is 1. The second-order valence-electron chi connectivity index (χ2n) is 4.31. The fourth-order valence-corrected chi connectivity index (χ4v) is 2.38. The molecule has 2 heterocycles. The molecule has 0 spiro atoms. The molecule has 2 aromatic heterocycles. The summed E-state index contributed by atoms with van der Waals surface area (Å²) in [6.07, 6.45) is 5.39. The van der Waals surface area contributed by atoms with Gasteiger partial charge in [0.25, 0.3) is 5.91 Å². The molecule has 5 heteroatoms. The molecule has 0 aliphatic rings. The maximum Gasteiger partial charge on any atom is 0.268 e. The minimum absolute atomic E-state index is 0.0693. The number of carbonyl (C=O) groups is 1. The number of amides is 1. The number of nitrogens with zero attached hydrogens (tertiary/aromatic N) is 2. The number of hydrogen-bond donors (Lipinski definition) is 1. The van der Waals surface area contributed by atoms with Crippen molar-refractivity contribution in [3.63, 3.8) is 0 Å². The van der Waals surface area contributed by atoms with Crippen molar-refractivity contribution in [3.8, 4) is 0 Å². The van der Waals surface area contributed by atoms with Crippen LogP contribution in [0.4, 0.5) is 0 Å². The lowest BCUT2D eigenvalue weighted by Gasteiger charge is -2.14. The van der Waals surface area contributed by atoms with Gasteiger partial charge in [0.1, 0.15) is 5.69 Å². The van der Waals surface area contributed by atoms with Crippen LogP contribution in [0.15, 0.2) is 41.3 Å². The van der Waals surface area contributed by atoms with Crippen LogP contribution in [-0.2, 0) is 6.54 Å². The standard InChI is InChI=1S/C14H16BrN3O/c1-3-18-9-12(15)7-13(18)14(19)17-10(2)11-5-4-6-16-8-11/h4-10H,3H2,1-2H3,(H,17,19). The second kappa shape index (κ2) is 6.02. The summed E-state index contributed by atoms with van der Waals surface area (Å²) in [4.78, 5) is 16.3. The Hall–Kier alpha value is -1.62. The molecule has 0 aromatic carbocycles. The van der Waals surface area contributed by atoms with Crippen LogP contribution < -0.4 is 5.32 Å². The largest absolute Gasteiger partial charge is 0.344 e. The highest BCUT2D eigenvalue weighted by Crippen LogP contribution is 2.17. The Morgan fingerprint density at radius 1 is 1.58 bits per heavy atom. The Labute approximate surface area is 121 Å². The average Bonchev–Trinajstić information content (AvgIpc) is 2.81. The number of rotatable bonds is 4. The monoisotopic (exact) mass is 321 g/mol. The van der Waals surface area contributed by atoms with Crippen molar-refractivity contribution in [2.45, 2.75) is 26.4 Å². The number of halogens is 1. The second-order valence-corrected chi connectivity index (χ2v) is 5.23. The van der Waals surface area contributed by atoms with Crippen LogP contribution in [0.5, 0.6) is 0 Å².